The standard InChI is InChI=1S/C20H20N2O6Se/c1-25-15-6-5-11(7-14(15)23)13-10-29-20(21-13)18(22-24)12-8-16(26-2)19(28-4)17(9-12)27-3/h5-10,23-24H,1-4H3. The predicted molar refractivity (Wildman–Crippen MR) is 108 cm³/mol. The average Bonchev–Trinajstić information content (AvgIpc) is 3.23. The number of phenols is 1. The van der Waals surface area contributed by atoms with Crippen molar-refractivity contribution in [3.63, 3.8) is 0 Å². The second-order valence-corrected chi connectivity index (χ2v) is 7.59. The van der Waals surface area contributed by atoms with Crippen LogP contribution < -0.4 is 18.9 Å². The van der Waals surface area contributed by atoms with E-state index in [1.807, 2.05) is 11.0 Å². The van der Waals surface area contributed by atoms with Gasteiger partial charge in [-0.05, 0) is 0 Å². The van der Waals surface area contributed by atoms with Crippen molar-refractivity contribution < 1.29 is 29.3 Å². The van der Waals surface area contributed by atoms with E-state index in [1.54, 1.807) is 24.3 Å². The summed E-state index contributed by atoms with van der Waals surface area (Å²) in [5, 5.41) is 23.2. The second-order valence-electron chi connectivity index (χ2n) is 5.79. The van der Waals surface area contributed by atoms with Gasteiger partial charge in [0, 0.05) is 0 Å². The molecule has 0 unspecified atom stereocenters. The summed E-state index contributed by atoms with van der Waals surface area (Å²) in [5.74, 6) is 1.76. The van der Waals surface area contributed by atoms with E-state index >= 15 is 0 Å². The number of aromatic hydroxyl groups is 1. The van der Waals surface area contributed by atoms with Gasteiger partial charge >= 0.3 is 173 Å². The summed E-state index contributed by atoms with van der Waals surface area (Å²) in [6.45, 7) is 0. The molecule has 3 aromatic rings. The van der Waals surface area contributed by atoms with Crippen molar-refractivity contribution in [3.8, 4) is 40.0 Å². The van der Waals surface area contributed by atoms with Crippen molar-refractivity contribution in [1.29, 1.82) is 0 Å². The van der Waals surface area contributed by atoms with Crippen molar-refractivity contribution in [2.75, 3.05) is 28.4 Å². The molecular formula is C20H20N2O6Se. The molecule has 9 heteroatoms. The van der Waals surface area contributed by atoms with Gasteiger partial charge in [0.15, 0.2) is 0 Å². The van der Waals surface area contributed by atoms with Gasteiger partial charge in [-0.3, -0.25) is 0 Å². The summed E-state index contributed by atoms with van der Waals surface area (Å²) >= 11 is -0.174. The Morgan fingerprint density at radius 1 is 0.931 bits per heavy atom. The topological polar surface area (TPSA) is 103 Å². The van der Waals surface area contributed by atoms with Crippen LogP contribution in [-0.4, -0.2) is 64.0 Å². The average molecular weight is 463 g/mol. The molecule has 0 aliphatic carbocycles. The van der Waals surface area contributed by atoms with E-state index in [1.165, 1.54) is 28.4 Å². The predicted octanol–water partition coefficient (Wildman–Crippen LogP) is 2.77. The molecule has 1 aromatic heterocycles. The summed E-state index contributed by atoms with van der Waals surface area (Å²) < 4.78 is 21.8. The molecule has 1 heterocycles. The molecule has 0 fully saturated rings. The first-order chi connectivity index (χ1) is 14.1. The number of benzene rings is 2. The number of hydrogen-bond donors (Lipinski definition) is 2. The monoisotopic (exact) mass is 464 g/mol. The summed E-state index contributed by atoms with van der Waals surface area (Å²) in [4.78, 5) is 6.56. The maximum atomic E-state index is 10.0. The van der Waals surface area contributed by atoms with E-state index < -0.39 is 0 Å². The van der Waals surface area contributed by atoms with Gasteiger partial charge in [0.2, 0.25) is 0 Å². The molecule has 8 nitrogen and oxygen atoms in total. The van der Waals surface area contributed by atoms with Crippen molar-refractivity contribution in [2.24, 2.45) is 5.16 Å². The third kappa shape index (κ3) is 4.01. The summed E-state index contributed by atoms with van der Waals surface area (Å²) in [6, 6.07) is 8.47. The van der Waals surface area contributed by atoms with Crippen LogP contribution in [0.1, 0.15) is 10.1 Å². The number of ether oxygens (including phenoxy) is 4. The molecule has 3 rings (SSSR count). The zero-order chi connectivity index (χ0) is 21.0. The summed E-state index contributed by atoms with van der Waals surface area (Å²) in [6.07, 6.45) is 0. The van der Waals surface area contributed by atoms with Crippen LogP contribution in [0.15, 0.2) is 40.4 Å². The fourth-order valence-corrected chi connectivity index (χ4v) is 4.55. The molecule has 0 aliphatic heterocycles. The van der Waals surface area contributed by atoms with Crippen LogP contribution in [0.3, 0.4) is 0 Å². The first-order valence-electron chi connectivity index (χ1n) is 8.42. The van der Waals surface area contributed by atoms with Crippen LogP contribution in [0.25, 0.3) is 11.3 Å². The molecule has 2 N–H and O–H groups in total. The summed E-state index contributed by atoms with van der Waals surface area (Å²) in [5.41, 5.74) is 2.32. The van der Waals surface area contributed by atoms with E-state index in [0.29, 0.717) is 44.5 Å². The molecule has 0 spiro atoms. The third-order valence-electron chi connectivity index (χ3n) is 4.22. The third-order valence-corrected chi connectivity index (χ3v) is 6.00. The Kier molecular flexibility index (Phi) is 6.31. The van der Waals surface area contributed by atoms with Crippen molar-refractivity contribution in [3.05, 3.63) is 45.4 Å². The van der Waals surface area contributed by atoms with Gasteiger partial charge in [-0.2, -0.15) is 0 Å². The molecule has 0 aliphatic rings. The van der Waals surface area contributed by atoms with E-state index in [9.17, 15) is 10.3 Å². The van der Waals surface area contributed by atoms with Crippen LogP contribution in [-0.2, 0) is 0 Å². The molecule has 0 bridgehead atoms. The zero-order valence-electron chi connectivity index (χ0n) is 16.3. The van der Waals surface area contributed by atoms with Gasteiger partial charge in [-0.15, -0.1) is 0 Å². The number of phenolic OH excluding ortho intramolecular Hbond substituents is 1. The van der Waals surface area contributed by atoms with E-state index in [2.05, 4.69) is 10.1 Å². The van der Waals surface area contributed by atoms with Crippen LogP contribution >= 0.6 is 0 Å². The Balaban J connectivity index is 2.02. The summed E-state index contributed by atoms with van der Waals surface area (Å²) in [7, 11) is 6.05. The first kappa shape index (κ1) is 20.6. The quantitative estimate of drug-likeness (QED) is 0.240. The van der Waals surface area contributed by atoms with Crippen molar-refractivity contribution in [1.82, 2.24) is 4.98 Å². The minimum atomic E-state index is -0.174. The van der Waals surface area contributed by atoms with Crippen molar-refractivity contribution >= 4 is 20.2 Å². The fraction of sp³-hybridized carbons (Fsp3) is 0.200. The number of methoxy groups -OCH3 is 4. The van der Waals surface area contributed by atoms with Crippen LogP contribution in [0.4, 0.5) is 0 Å². The second kappa shape index (κ2) is 8.89. The Hall–Kier alpha value is -3.16. The number of hydrogen-bond acceptors (Lipinski definition) is 8. The van der Waals surface area contributed by atoms with E-state index in [4.69, 9.17) is 18.9 Å². The van der Waals surface area contributed by atoms with Crippen molar-refractivity contribution in [2.45, 2.75) is 0 Å². The molecule has 0 atom stereocenters. The van der Waals surface area contributed by atoms with Gasteiger partial charge in [-0.1, -0.05) is 0 Å². The number of rotatable bonds is 7. The maximum absolute atomic E-state index is 10.0. The SMILES string of the molecule is COc1ccc(-c2c[se]c(C(=NO)c3cc(OC)c(OC)c(OC)c3)n2)cc1O. The Bertz CT molecular complexity index is 1020. The molecule has 29 heavy (non-hydrogen) atoms. The number of oxime groups is 1. The zero-order valence-corrected chi connectivity index (χ0v) is 18.0. The molecule has 2 aromatic carbocycles. The molecular weight excluding hydrogens is 443 g/mol. The first-order valence-corrected chi connectivity index (χ1v) is 10.3. The van der Waals surface area contributed by atoms with Crippen LogP contribution in [0, 0.1) is 0 Å². The number of nitrogens with zero attached hydrogens (tertiary/aromatic N) is 2. The van der Waals surface area contributed by atoms with Crippen LogP contribution in [0.2, 0.25) is 0 Å². The van der Waals surface area contributed by atoms with Gasteiger partial charge in [0.05, 0.1) is 0 Å². The van der Waals surface area contributed by atoms with E-state index in [0.717, 1.165) is 5.56 Å². The Morgan fingerprint density at radius 3 is 2.10 bits per heavy atom. The fourth-order valence-electron chi connectivity index (χ4n) is 2.81. The number of aromatic nitrogens is 1. The minimum absolute atomic E-state index is 0.0303. The van der Waals surface area contributed by atoms with E-state index in [-0.39, 0.29) is 20.3 Å². The van der Waals surface area contributed by atoms with Gasteiger partial charge in [0.25, 0.3) is 0 Å². The van der Waals surface area contributed by atoms with Crippen LogP contribution in [0.5, 0.6) is 28.7 Å². The van der Waals surface area contributed by atoms with Gasteiger partial charge in [0.1, 0.15) is 0 Å². The molecule has 0 amide bonds. The molecule has 0 saturated carbocycles. The molecule has 0 radical (unpaired) electrons. The normalized spacial score (nSPS) is 11.2. The van der Waals surface area contributed by atoms with Gasteiger partial charge in [-0.25, -0.2) is 0 Å². The molecule has 152 valence electrons. The molecule has 0 saturated heterocycles. The Labute approximate surface area is 173 Å². The Morgan fingerprint density at radius 2 is 1.59 bits per heavy atom. The van der Waals surface area contributed by atoms with Gasteiger partial charge < -0.3 is 0 Å².